The summed E-state index contributed by atoms with van der Waals surface area (Å²) in [6.07, 6.45) is 0. The van der Waals surface area contributed by atoms with Crippen molar-refractivity contribution in [1.82, 2.24) is 0 Å². The Hall–Kier alpha value is -3.52. The van der Waals surface area contributed by atoms with E-state index >= 15 is 0 Å². The number of methoxy groups -OCH3 is 2. The highest BCUT2D eigenvalue weighted by molar-refractivity contribution is 7.92. The molecule has 8 heteroatoms. The highest BCUT2D eigenvalue weighted by atomic mass is 32.2. The van der Waals surface area contributed by atoms with Crippen molar-refractivity contribution in [3.05, 3.63) is 77.4 Å². The summed E-state index contributed by atoms with van der Waals surface area (Å²) in [6, 6.07) is 16.1. The zero-order chi connectivity index (χ0) is 22.6. The lowest BCUT2D eigenvalue weighted by Crippen LogP contribution is -2.14. The molecule has 7 nitrogen and oxygen atoms in total. The first-order valence-corrected chi connectivity index (χ1v) is 11.0. The fourth-order valence-electron chi connectivity index (χ4n) is 2.92. The molecule has 0 unspecified atom stereocenters. The summed E-state index contributed by atoms with van der Waals surface area (Å²) in [5.41, 5.74) is 3.41. The van der Waals surface area contributed by atoms with E-state index in [-0.39, 0.29) is 10.8 Å². The molecule has 0 radical (unpaired) electrons. The van der Waals surface area contributed by atoms with E-state index < -0.39 is 10.0 Å². The largest absolute Gasteiger partial charge is 0.493 e. The van der Waals surface area contributed by atoms with Gasteiger partial charge in [-0.05, 0) is 79.6 Å². The SMILES string of the molecule is COc1ccc(C(=O)Nc2ccc(S(=O)(=O)Nc3ccc(C)c(C)c3)cc2)cc1OC. The Morgan fingerprint density at radius 2 is 1.42 bits per heavy atom. The third kappa shape index (κ3) is 5.16. The summed E-state index contributed by atoms with van der Waals surface area (Å²) >= 11 is 0. The van der Waals surface area contributed by atoms with E-state index in [1.54, 1.807) is 30.3 Å². The molecule has 0 saturated carbocycles. The number of hydrogen-bond donors (Lipinski definition) is 2. The van der Waals surface area contributed by atoms with Gasteiger partial charge in [-0.2, -0.15) is 0 Å². The van der Waals surface area contributed by atoms with Crippen LogP contribution in [0.3, 0.4) is 0 Å². The van der Waals surface area contributed by atoms with Crippen LogP contribution in [0.15, 0.2) is 65.6 Å². The van der Waals surface area contributed by atoms with Gasteiger partial charge in [-0.25, -0.2) is 8.42 Å². The summed E-state index contributed by atoms with van der Waals surface area (Å²) in [6.45, 7) is 3.88. The third-order valence-corrected chi connectivity index (χ3v) is 6.22. The molecule has 31 heavy (non-hydrogen) atoms. The van der Waals surface area contributed by atoms with E-state index in [1.165, 1.54) is 38.5 Å². The van der Waals surface area contributed by atoms with E-state index in [2.05, 4.69) is 10.0 Å². The van der Waals surface area contributed by atoms with Crippen molar-refractivity contribution in [2.75, 3.05) is 24.3 Å². The Kier molecular flexibility index (Phi) is 6.50. The van der Waals surface area contributed by atoms with E-state index in [4.69, 9.17) is 9.47 Å². The molecule has 3 rings (SSSR count). The van der Waals surface area contributed by atoms with Crippen molar-refractivity contribution in [2.24, 2.45) is 0 Å². The van der Waals surface area contributed by atoms with Crippen LogP contribution in [0, 0.1) is 13.8 Å². The van der Waals surface area contributed by atoms with Gasteiger partial charge in [0.25, 0.3) is 15.9 Å². The number of hydrogen-bond acceptors (Lipinski definition) is 5. The molecule has 0 atom stereocenters. The van der Waals surface area contributed by atoms with Crippen LogP contribution >= 0.6 is 0 Å². The topological polar surface area (TPSA) is 93.7 Å². The van der Waals surface area contributed by atoms with Gasteiger partial charge in [0.05, 0.1) is 19.1 Å². The number of rotatable bonds is 7. The van der Waals surface area contributed by atoms with E-state index in [1.807, 2.05) is 19.9 Å². The Balaban J connectivity index is 1.73. The molecular formula is C23H24N2O5S. The number of aryl methyl sites for hydroxylation is 2. The third-order valence-electron chi connectivity index (χ3n) is 4.83. The molecule has 0 spiro atoms. The second-order valence-electron chi connectivity index (χ2n) is 6.95. The Morgan fingerprint density at radius 3 is 2.03 bits per heavy atom. The van der Waals surface area contributed by atoms with Gasteiger partial charge in [-0.3, -0.25) is 9.52 Å². The zero-order valence-electron chi connectivity index (χ0n) is 17.7. The number of benzene rings is 3. The number of amides is 1. The van der Waals surface area contributed by atoms with Gasteiger partial charge in [0.1, 0.15) is 0 Å². The summed E-state index contributed by atoms with van der Waals surface area (Å²) < 4.78 is 38.3. The molecule has 2 N–H and O–H groups in total. The first kappa shape index (κ1) is 22.2. The lowest BCUT2D eigenvalue weighted by Gasteiger charge is -2.12. The average molecular weight is 441 g/mol. The van der Waals surface area contributed by atoms with Crippen LogP contribution in [0.1, 0.15) is 21.5 Å². The molecule has 3 aromatic carbocycles. The Morgan fingerprint density at radius 1 is 0.774 bits per heavy atom. The quantitative estimate of drug-likeness (QED) is 0.569. The molecule has 0 aliphatic carbocycles. The molecule has 0 fully saturated rings. The highest BCUT2D eigenvalue weighted by Crippen LogP contribution is 2.28. The minimum Gasteiger partial charge on any atom is -0.493 e. The smallest absolute Gasteiger partial charge is 0.261 e. The van der Waals surface area contributed by atoms with Gasteiger partial charge in [0, 0.05) is 16.9 Å². The van der Waals surface area contributed by atoms with Crippen LogP contribution in [0.4, 0.5) is 11.4 Å². The van der Waals surface area contributed by atoms with Crippen molar-refractivity contribution >= 4 is 27.3 Å². The van der Waals surface area contributed by atoms with Crippen molar-refractivity contribution in [2.45, 2.75) is 18.7 Å². The molecule has 0 aliphatic heterocycles. The van der Waals surface area contributed by atoms with Gasteiger partial charge in [0.15, 0.2) is 11.5 Å². The number of ether oxygens (including phenoxy) is 2. The number of sulfonamides is 1. The lowest BCUT2D eigenvalue weighted by molar-refractivity contribution is 0.102. The maximum atomic E-state index is 12.7. The monoisotopic (exact) mass is 440 g/mol. The first-order valence-electron chi connectivity index (χ1n) is 9.47. The summed E-state index contributed by atoms with van der Waals surface area (Å²) in [4.78, 5) is 12.6. The molecular weight excluding hydrogens is 416 g/mol. The van der Waals surface area contributed by atoms with Crippen molar-refractivity contribution in [3.63, 3.8) is 0 Å². The zero-order valence-corrected chi connectivity index (χ0v) is 18.5. The van der Waals surface area contributed by atoms with E-state index in [9.17, 15) is 13.2 Å². The van der Waals surface area contributed by atoms with Gasteiger partial charge in [0.2, 0.25) is 0 Å². The van der Waals surface area contributed by atoms with Crippen LogP contribution in [0.2, 0.25) is 0 Å². The van der Waals surface area contributed by atoms with Crippen LogP contribution in [0.25, 0.3) is 0 Å². The predicted molar refractivity (Wildman–Crippen MR) is 121 cm³/mol. The van der Waals surface area contributed by atoms with Crippen molar-refractivity contribution < 1.29 is 22.7 Å². The van der Waals surface area contributed by atoms with Crippen LogP contribution in [-0.2, 0) is 10.0 Å². The Bertz CT molecular complexity index is 1210. The lowest BCUT2D eigenvalue weighted by atomic mass is 10.1. The Labute approximate surface area is 182 Å². The molecule has 0 aromatic heterocycles. The molecule has 162 valence electrons. The number of nitrogens with one attached hydrogen (secondary N) is 2. The maximum absolute atomic E-state index is 12.7. The maximum Gasteiger partial charge on any atom is 0.261 e. The van der Waals surface area contributed by atoms with Crippen molar-refractivity contribution in [1.29, 1.82) is 0 Å². The molecule has 0 saturated heterocycles. The molecule has 0 aliphatic rings. The molecule has 3 aromatic rings. The highest BCUT2D eigenvalue weighted by Gasteiger charge is 2.15. The standard InChI is InChI=1S/C23H24N2O5S/c1-15-5-7-19(13-16(15)2)25-31(27,28)20-10-8-18(9-11-20)24-23(26)17-6-12-21(29-3)22(14-17)30-4/h5-14,25H,1-4H3,(H,24,26). The van der Waals surface area contributed by atoms with Gasteiger partial charge in [-0.1, -0.05) is 6.07 Å². The van der Waals surface area contributed by atoms with Crippen LogP contribution in [0.5, 0.6) is 11.5 Å². The fourth-order valence-corrected chi connectivity index (χ4v) is 3.97. The normalized spacial score (nSPS) is 11.0. The predicted octanol–water partition coefficient (Wildman–Crippen LogP) is 4.37. The minimum atomic E-state index is -3.75. The molecule has 0 bridgehead atoms. The summed E-state index contributed by atoms with van der Waals surface area (Å²) in [7, 11) is -0.744. The van der Waals surface area contributed by atoms with Gasteiger partial charge >= 0.3 is 0 Å². The average Bonchev–Trinajstić information content (AvgIpc) is 2.76. The summed E-state index contributed by atoms with van der Waals surface area (Å²) in [5, 5.41) is 2.74. The van der Waals surface area contributed by atoms with Gasteiger partial charge in [-0.15, -0.1) is 0 Å². The first-order chi connectivity index (χ1) is 14.7. The second kappa shape index (κ2) is 9.09. The van der Waals surface area contributed by atoms with E-state index in [0.29, 0.717) is 28.4 Å². The minimum absolute atomic E-state index is 0.0924. The van der Waals surface area contributed by atoms with Crippen LogP contribution in [-0.4, -0.2) is 28.5 Å². The molecule has 0 heterocycles. The van der Waals surface area contributed by atoms with Crippen molar-refractivity contribution in [3.8, 4) is 11.5 Å². The van der Waals surface area contributed by atoms with Crippen LogP contribution < -0.4 is 19.5 Å². The van der Waals surface area contributed by atoms with E-state index in [0.717, 1.165) is 11.1 Å². The second-order valence-corrected chi connectivity index (χ2v) is 8.64. The fraction of sp³-hybridized carbons (Fsp3) is 0.174. The van der Waals surface area contributed by atoms with Gasteiger partial charge < -0.3 is 14.8 Å². The number of carbonyl (C=O) groups is 1. The number of carbonyl (C=O) groups excluding carboxylic acids is 1. The summed E-state index contributed by atoms with van der Waals surface area (Å²) in [5.74, 6) is 0.601. The molecule has 1 amide bonds. The number of anilines is 2.